The van der Waals surface area contributed by atoms with Crippen LogP contribution in [0.5, 0.6) is 0 Å². The summed E-state index contributed by atoms with van der Waals surface area (Å²) in [6.07, 6.45) is 2.51. The van der Waals surface area contributed by atoms with E-state index < -0.39 is 0 Å². The number of hydrogen-bond acceptors (Lipinski definition) is 4. The Kier molecular flexibility index (Phi) is 4.90. The molecule has 1 amide bonds. The van der Waals surface area contributed by atoms with Crippen molar-refractivity contribution >= 4 is 5.91 Å². The maximum absolute atomic E-state index is 11.8. The van der Waals surface area contributed by atoms with Crippen molar-refractivity contribution in [2.75, 3.05) is 26.4 Å². The highest BCUT2D eigenvalue weighted by molar-refractivity contribution is 5.92. The van der Waals surface area contributed by atoms with E-state index in [2.05, 4.69) is 22.1 Å². The fourth-order valence-electron chi connectivity index (χ4n) is 1.82. The molecule has 19 heavy (non-hydrogen) atoms. The van der Waals surface area contributed by atoms with E-state index in [0.29, 0.717) is 30.3 Å². The molecule has 1 unspecified atom stereocenters. The monoisotopic (exact) mass is 260 g/mol. The first kappa shape index (κ1) is 13.5. The average Bonchev–Trinajstić information content (AvgIpc) is 2.96. The third kappa shape index (κ3) is 4.05. The molecule has 2 rings (SSSR count). The number of nitrogens with one attached hydrogen (secondary N) is 1. The lowest BCUT2D eigenvalue weighted by molar-refractivity contribution is 0.0940. The standard InChI is InChI=1S/C14H16N2O3/c17-6-1-2-11-3-4-13(15-8-11)14(18)16-9-12-5-7-19-10-12/h3-4,8,12,17H,5-7,9-10H2,(H,16,18). The zero-order valence-corrected chi connectivity index (χ0v) is 10.6. The minimum Gasteiger partial charge on any atom is -0.384 e. The fraction of sp³-hybridized carbons (Fsp3) is 0.429. The number of carbonyl (C=O) groups is 1. The number of aromatic nitrogens is 1. The number of ether oxygens (including phenoxy) is 1. The lowest BCUT2D eigenvalue weighted by Gasteiger charge is -2.08. The van der Waals surface area contributed by atoms with E-state index in [1.807, 2.05) is 0 Å². The maximum Gasteiger partial charge on any atom is 0.269 e. The molecule has 1 aliphatic heterocycles. The number of pyridine rings is 1. The lowest BCUT2D eigenvalue weighted by atomic mass is 10.1. The molecule has 2 heterocycles. The molecular formula is C14H16N2O3. The largest absolute Gasteiger partial charge is 0.384 e. The van der Waals surface area contributed by atoms with Crippen molar-refractivity contribution in [3.8, 4) is 11.8 Å². The highest BCUT2D eigenvalue weighted by atomic mass is 16.5. The molecule has 1 aromatic heterocycles. The Bertz CT molecular complexity index is 482. The minimum atomic E-state index is -0.189. The highest BCUT2D eigenvalue weighted by Gasteiger charge is 2.17. The van der Waals surface area contributed by atoms with Gasteiger partial charge in [0, 0.05) is 30.8 Å². The summed E-state index contributed by atoms with van der Waals surface area (Å²) < 4.78 is 5.25. The van der Waals surface area contributed by atoms with Crippen molar-refractivity contribution in [1.29, 1.82) is 0 Å². The van der Waals surface area contributed by atoms with Crippen molar-refractivity contribution in [3.63, 3.8) is 0 Å². The van der Waals surface area contributed by atoms with Gasteiger partial charge in [-0.25, -0.2) is 4.98 Å². The molecule has 0 bridgehead atoms. The third-order valence-electron chi connectivity index (χ3n) is 2.88. The molecule has 1 aromatic rings. The second kappa shape index (κ2) is 6.88. The number of amides is 1. The predicted molar refractivity (Wildman–Crippen MR) is 69.5 cm³/mol. The van der Waals surface area contributed by atoms with E-state index in [0.717, 1.165) is 13.0 Å². The number of carbonyl (C=O) groups excluding carboxylic acids is 1. The zero-order chi connectivity index (χ0) is 13.5. The molecule has 0 spiro atoms. The summed E-state index contributed by atoms with van der Waals surface area (Å²) in [5, 5.41) is 11.4. The molecule has 1 atom stereocenters. The van der Waals surface area contributed by atoms with E-state index in [4.69, 9.17) is 9.84 Å². The van der Waals surface area contributed by atoms with E-state index in [-0.39, 0.29) is 12.5 Å². The maximum atomic E-state index is 11.8. The molecule has 2 N–H and O–H groups in total. The molecular weight excluding hydrogens is 244 g/mol. The number of aliphatic hydroxyl groups excluding tert-OH is 1. The van der Waals surface area contributed by atoms with Crippen LogP contribution >= 0.6 is 0 Å². The van der Waals surface area contributed by atoms with Crippen LogP contribution in [-0.4, -0.2) is 42.4 Å². The van der Waals surface area contributed by atoms with Gasteiger partial charge >= 0.3 is 0 Å². The summed E-state index contributed by atoms with van der Waals surface area (Å²) in [6.45, 7) is 1.92. The first-order valence-electron chi connectivity index (χ1n) is 6.21. The van der Waals surface area contributed by atoms with Gasteiger partial charge in [0.1, 0.15) is 12.3 Å². The molecule has 0 aliphatic carbocycles. The molecule has 5 heteroatoms. The number of nitrogens with zero attached hydrogens (tertiary/aromatic N) is 1. The smallest absolute Gasteiger partial charge is 0.269 e. The van der Waals surface area contributed by atoms with Gasteiger partial charge in [0.15, 0.2) is 0 Å². The topological polar surface area (TPSA) is 71.5 Å². The predicted octanol–water partition coefficient (Wildman–Crippen LogP) is 0.192. The van der Waals surface area contributed by atoms with Crippen LogP contribution in [-0.2, 0) is 4.74 Å². The van der Waals surface area contributed by atoms with Crippen LogP contribution in [0.3, 0.4) is 0 Å². The van der Waals surface area contributed by atoms with E-state index >= 15 is 0 Å². The van der Waals surface area contributed by atoms with Gasteiger partial charge < -0.3 is 15.2 Å². The van der Waals surface area contributed by atoms with Gasteiger partial charge in [-0.1, -0.05) is 11.8 Å². The summed E-state index contributed by atoms with van der Waals surface area (Å²) in [4.78, 5) is 15.9. The van der Waals surface area contributed by atoms with E-state index in [9.17, 15) is 4.79 Å². The van der Waals surface area contributed by atoms with Crippen LogP contribution in [0.4, 0.5) is 0 Å². The lowest BCUT2D eigenvalue weighted by Crippen LogP contribution is -2.30. The molecule has 5 nitrogen and oxygen atoms in total. The zero-order valence-electron chi connectivity index (χ0n) is 10.6. The van der Waals surface area contributed by atoms with Crippen LogP contribution < -0.4 is 5.32 Å². The van der Waals surface area contributed by atoms with Crippen molar-refractivity contribution in [1.82, 2.24) is 10.3 Å². The van der Waals surface area contributed by atoms with Gasteiger partial charge in [-0.05, 0) is 18.6 Å². The van der Waals surface area contributed by atoms with Gasteiger partial charge in [-0.15, -0.1) is 0 Å². The fourth-order valence-corrected chi connectivity index (χ4v) is 1.82. The summed E-state index contributed by atoms with van der Waals surface area (Å²) in [6, 6.07) is 3.34. The van der Waals surface area contributed by atoms with Crippen molar-refractivity contribution < 1.29 is 14.6 Å². The second-order valence-corrected chi connectivity index (χ2v) is 4.33. The summed E-state index contributed by atoms with van der Waals surface area (Å²) in [5.74, 6) is 5.47. The third-order valence-corrected chi connectivity index (χ3v) is 2.88. The van der Waals surface area contributed by atoms with Crippen molar-refractivity contribution in [3.05, 3.63) is 29.6 Å². The Balaban J connectivity index is 1.88. The van der Waals surface area contributed by atoms with Crippen LogP contribution in [0.15, 0.2) is 18.3 Å². The number of aliphatic hydroxyl groups is 1. The van der Waals surface area contributed by atoms with E-state index in [1.54, 1.807) is 12.1 Å². The summed E-state index contributed by atoms with van der Waals surface area (Å²) in [7, 11) is 0. The van der Waals surface area contributed by atoms with Gasteiger partial charge in [-0.2, -0.15) is 0 Å². The first-order chi connectivity index (χ1) is 9.29. The molecule has 1 aliphatic rings. The Morgan fingerprint density at radius 3 is 3.11 bits per heavy atom. The molecule has 0 radical (unpaired) electrons. The minimum absolute atomic E-state index is 0.187. The number of hydrogen-bond donors (Lipinski definition) is 2. The number of rotatable bonds is 3. The van der Waals surface area contributed by atoms with Gasteiger partial charge in [0.25, 0.3) is 5.91 Å². The van der Waals surface area contributed by atoms with Crippen LogP contribution in [0.2, 0.25) is 0 Å². The molecule has 0 saturated carbocycles. The first-order valence-corrected chi connectivity index (χ1v) is 6.21. The average molecular weight is 260 g/mol. The summed E-state index contributed by atoms with van der Waals surface area (Å²) in [5.41, 5.74) is 1.04. The van der Waals surface area contributed by atoms with Crippen LogP contribution in [0.25, 0.3) is 0 Å². The van der Waals surface area contributed by atoms with E-state index in [1.165, 1.54) is 6.20 Å². The van der Waals surface area contributed by atoms with Gasteiger partial charge in [0.2, 0.25) is 0 Å². The van der Waals surface area contributed by atoms with Crippen molar-refractivity contribution in [2.24, 2.45) is 5.92 Å². The normalized spacial score (nSPS) is 17.6. The Labute approximate surface area is 112 Å². The molecule has 100 valence electrons. The van der Waals surface area contributed by atoms with Crippen LogP contribution in [0.1, 0.15) is 22.5 Å². The SMILES string of the molecule is O=C(NCC1CCOC1)c1ccc(C#CCO)cn1. The molecule has 1 fully saturated rings. The Morgan fingerprint density at radius 2 is 2.47 bits per heavy atom. The van der Waals surface area contributed by atoms with Gasteiger partial charge in [-0.3, -0.25) is 4.79 Å². The quantitative estimate of drug-likeness (QED) is 0.761. The second-order valence-electron chi connectivity index (χ2n) is 4.33. The Morgan fingerprint density at radius 1 is 1.58 bits per heavy atom. The highest BCUT2D eigenvalue weighted by Crippen LogP contribution is 2.10. The molecule has 0 aromatic carbocycles. The summed E-state index contributed by atoms with van der Waals surface area (Å²) >= 11 is 0. The van der Waals surface area contributed by atoms with Crippen LogP contribution in [0, 0.1) is 17.8 Å². The molecule has 1 saturated heterocycles. The van der Waals surface area contributed by atoms with Gasteiger partial charge in [0.05, 0.1) is 6.61 Å². The van der Waals surface area contributed by atoms with Crippen molar-refractivity contribution in [2.45, 2.75) is 6.42 Å². The Hall–Kier alpha value is -1.90.